The van der Waals surface area contributed by atoms with Crippen molar-refractivity contribution in [1.29, 1.82) is 0 Å². The maximum absolute atomic E-state index is 13.0. The van der Waals surface area contributed by atoms with Gasteiger partial charge in [0.15, 0.2) is 12.1 Å². The molecule has 0 bridgehead atoms. The molecule has 0 fully saturated rings. The smallest absolute Gasteiger partial charge is 0.334 e. The van der Waals surface area contributed by atoms with Crippen LogP contribution in [0.1, 0.15) is 28.9 Å². The van der Waals surface area contributed by atoms with Gasteiger partial charge >= 0.3 is 5.97 Å². The number of halogens is 1. The van der Waals surface area contributed by atoms with E-state index < -0.39 is 35.7 Å². The van der Waals surface area contributed by atoms with Gasteiger partial charge in [0.1, 0.15) is 5.82 Å². The van der Waals surface area contributed by atoms with E-state index >= 15 is 0 Å². The largest absolute Gasteiger partial charge is 0.451 e. The van der Waals surface area contributed by atoms with Crippen molar-refractivity contribution in [3.8, 4) is 0 Å². The minimum Gasteiger partial charge on any atom is -0.451 e. The molecule has 0 spiro atoms. The van der Waals surface area contributed by atoms with Gasteiger partial charge in [0.25, 0.3) is 11.8 Å². The number of carbonyl (C=O) groups is 3. The van der Waals surface area contributed by atoms with Crippen molar-refractivity contribution in [3.05, 3.63) is 102 Å². The zero-order valence-electron chi connectivity index (χ0n) is 16.7. The molecule has 0 aliphatic rings. The quantitative estimate of drug-likeness (QED) is 0.569. The number of esters is 1. The summed E-state index contributed by atoms with van der Waals surface area (Å²) < 4.78 is 18.3. The van der Waals surface area contributed by atoms with Gasteiger partial charge in [0.2, 0.25) is 0 Å². The van der Waals surface area contributed by atoms with Crippen molar-refractivity contribution in [2.45, 2.75) is 19.1 Å². The summed E-state index contributed by atoms with van der Waals surface area (Å²) in [5.41, 5.74) is 1.27. The van der Waals surface area contributed by atoms with Crippen LogP contribution < -0.4 is 10.6 Å². The molecule has 0 heterocycles. The Morgan fingerprint density at radius 1 is 0.839 bits per heavy atom. The molecular weight excluding hydrogens is 399 g/mol. The number of benzene rings is 3. The topological polar surface area (TPSA) is 84.5 Å². The second-order valence-electron chi connectivity index (χ2n) is 6.76. The van der Waals surface area contributed by atoms with E-state index in [4.69, 9.17) is 4.74 Å². The van der Waals surface area contributed by atoms with Crippen LogP contribution in [0.5, 0.6) is 0 Å². The summed E-state index contributed by atoms with van der Waals surface area (Å²) in [5.74, 6) is -2.24. The fourth-order valence-corrected chi connectivity index (χ4v) is 2.80. The predicted octanol–water partition coefficient (Wildman–Crippen LogP) is 3.87. The lowest BCUT2D eigenvalue weighted by Gasteiger charge is -2.21. The third kappa shape index (κ3) is 5.99. The molecule has 0 saturated heterocycles. The van der Waals surface area contributed by atoms with Gasteiger partial charge in [0, 0.05) is 11.3 Å². The zero-order valence-corrected chi connectivity index (χ0v) is 16.7. The Balaban J connectivity index is 1.71. The van der Waals surface area contributed by atoms with Gasteiger partial charge < -0.3 is 15.4 Å². The number of carbonyl (C=O) groups excluding carboxylic acids is 3. The second-order valence-corrected chi connectivity index (χ2v) is 6.76. The van der Waals surface area contributed by atoms with Crippen LogP contribution in [-0.2, 0) is 14.3 Å². The summed E-state index contributed by atoms with van der Waals surface area (Å²) in [6.07, 6.45) is -1.14. The Morgan fingerprint density at radius 2 is 1.42 bits per heavy atom. The highest BCUT2D eigenvalue weighted by Gasteiger charge is 2.28. The SMILES string of the molecule is C[C@H](OC(=O)[C@H](NC(=O)c1ccccc1)c1ccccc1)C(=O)Nc1ccc(F)cc1. The summed E-state index contributed by atoms with van der Waals surface area (Å²) >= 11 is 0. The van der Waals surface area contributed by atoms with E-state index in [-0.39, 0.29) is 0 Å². The van der Waals surface area contributed by atoms with Crippen LogP contribution in [0.4, 0.5) is 10.1 Å². The molecule has 3 aromatic carbocycles. The van der Waals surface area contributed by atoms with Crippen LogP contribution >= 0.6 is 0 Å². The van der Waals surface area contributed by atoms with Crippen molar-refractivity contribution < 1.29 is 23.5 Å². The van der Waals surface area contributed by atoms with Crippen LogP contribution in [0.2, 0.25) is 0 Å². The Morgan fingerprint density at radius 3 is 2.03 bits per heavy atom. The van der Waals surface area contributed by atoms with Crippen molar-refractivity contribution in [2.75, 3.05) is 5.32 Å². The summed E-state index contributed by atoms with van der Waals surface area (Å²) in [7, 11) is 0. The number of ether oxygens (including phenoxy) is 1. The predicted molar refractivity (Wildman–Crippen MR) is 114 cm³/mol. The molecule has 0 aliphatic heterocycles. The first-order chi connectivity index (χ1) is 14.9. The normalized spacial score (nSPS) is 12.3. The lowest BCUT2D eigenvalue weighted by Crippen LogP contribution is -2.38. The molecule has 0 aliphatic carbocycles. The molecule has 2 N–H and O–H groups in total. The molecule has 7 heteroatoms. The summed E-state index contributed by atoms with van der Waals surface area (Å²) in [4.78, 5) is 37.8. The summed E-state index contributed by atoms with van der Waals surface area (Å²) in [6, 6.07) is 21.2. The van der Waals surface area contributed by atoms with Crippen LogP contribution in [0, 0.1) is 5.82 Å². The number of amides is 2. The third-order valence-corrected chi connectivity index (χ3v) is 4.45. The summed E-state index contributed by atoms with van der Waals surface area (Å²) in [6.45, 7) is 1.41. The molecular formula is C24H21FN2O4. The molecule has 6 nitrogen and oxygen atoms in total. The van der Waals surface area contributed by atoms with Crippen molar-refractivity contribution in [2.24, 2.45) is 0 Å². The number of hydrogen-bond donors (Lipinski definition) is 2. The second kappa shape index (κ2) is 10.2. The van der Waals surface area contributed by atoms with E-state index in [0.717, 1.165) is 0 Å². The molecule has 0 saturated carbocycles. The Hall–Kier alpha value is -4.00. The van der Waals surface area contributed by atoms with E-state index in [1.165, 1.54) is 31.2 Å². The highest BCUT2D eigenvalue weighted by atomic mass is 19.1. The molecule has 31 heavy (non-hydrogen) atoms. The van der Waals surface area contributed by atoms with Gasteiger partial charge in [0.05, 0.1) is 0 Å². The lowest BCUT2D eigenvalue weighted by molar-refractivity contribution is -0.155. The highest BCUT2D eigenvalue weighted by Crippen LogP contribution is 2.17. The molecule has 158 valence electrons. The molecule has 2 amide bonds. The van der Waals surface area contributed by atoms with Crippen molar-refractivity contribution in [1.82, 2.24) is 5.32 Å². The molecule has 0 unspecified atom stereocenters. The van der Waals surface area contributed by atoms with Gasteiger partial charge in [-0.05, 0) is 48.9 Å². The van der Waals surface area contributed by atoms with E-state index in [1.807, 2.05) is 0 Å². The molecule has 3 aromatic rings. The number of anilines is 1. The fourth-order valence-electron chi connectivity index (χ4n) is 2.80. The van der Waals surface area contributed by atoms with Gasteiger partial charge in [-0.25, -0.2) is 9.18 Å². The number of rotatable bonds is 7. The summed E-state index contributed by atoms with van der Waals surface area (Å²) in [5, 5.41) is 5.21. The standard InChI is InChI=1S/C24H21FN2O4/c1-16(22(28)26-20-14-12-19(25)13-15-20)31-24(30)21(17-8-4-2-5-9-17)27-23(29)18-10-6-3-7-11-18/h2-16,21H,1H3,(H,26,28)(H,27,29)/t16-,21+/m0/s1. The first kappa shape index (κ1) is 21.7. The van der Waals surface area contributed by atoms with E-state index in [1.54, 1.807) is 60.7 Å². The van der Waals surface area contributed by atoms with Crippen molar-refractivity contribution >= 4 is 23.5 Å². The molecule has 0 aromatic heterocycles. The number of nitrogens with one attached hydrogen (secondary N) is 2. The zero-order chi connectivity index (χ0) is 22.2. The first-order valence-electron chi connectivity index (χ1n) is 9.62. The Kier molecular flexibility index (Phi) is 7.11. The van der Waals surface area contributed by atoms with E-state index in [0.29, 0.717) is 16.8 Å². The Bertz CT molecular complexity index is 1040. The Labute approximate surface area is 179 Å². The van der Waals surface area contributed by atoms with Crippen molar-refractivity contribution in [3.63, 3.8) is 0 Å². The van der Waals surface area contributed by atoms with E-state index in [2.05, 4.69) is 10.6 Å². The van der Waals surface area contributed by atoms with Gasteiger partial charge in [-0.2, -0.15) is 0 Å². The minimum atomic E-state index is -1.14. The third-order valence-electron chi connectivity index (χ3n) is 4.45. The van der Waals surface area contributed by atoms with Gasteiger partial charge in [-0.15, -0.1) is 0 Å². The lowest BCUT2D eigenvalue weighted by atomic mass is 10.1. The average molecular weight is 420 g/mol. The first-order valence-corrected chi connectivity index (χ1v) is 9.62. The van der Waals surface area contributed by atoms with Gasteiger partial charge in [-0.1, -0.05) is 48.5 Å². The van der Waals surface area contributed by atoms with Crippen LogP contribution in [0.25, 0.3) is 0 Å². The van der Waals surface area contributed by atoms with Gasteiger partial charge in [-0.3, -0.25) is 9.59 Å². The average Bonchev–Trinajstić information content (AvgIpc) is 2.79. The monoisotopic (exact) mass is 420 g/mol. The fraction of sp³-hybridized carbons (Fsp3) is 0.125. The molecule has 0 radical (unpaired) electrons. The maximum atomic E-state index is 13.0. The minimum absolute atomic E-state index is 0.367. The van der Waals surface area contributed by atoms with Crippen LogP contribution in [0.3, 0.4) is 0 Å². The molecule has 2 atom stereocenters. The van der Waals surface area contributed by atoms with Crippen LogP contribution in [-0.4, -0.2) is 23.9 Å². The van der Waals surface area contributed by atoms with E-state index in [9.17, 15) is 18.8 Å². The number of hydrogen-bond acceptors (Lipinski definition) is 4. The van der Waals surface area contributed by atoms with Crippen LogP contribution in [0.15, 0.2) is 84.9 Å². The maximum Gasteiger partial charge on any atom is 0.334 e. The highest BCUT2D eigenvalue weighted by molar-refractivity contribution is 5.98. The molecule has 3 rings (SSSR count).